The lowest BCUT2D eigenvalue weighted by Gasteiger charge is -2.61. The van der Waals surface area contributed by atoms with Crippen molar-refractivity contribution in [1.82, 2.24) is 4.90 Å². The van der Waals surface area contributed by atoms with E-state index in [-0.39, 0.29) is 29.0 Å². The zero-order valence-electron chi connectivity index (χ0n) is 19.9. The first-order valence-electron chi connectivity index (χ1n) is 12.9. The number of Topliss-reactive ketones (excluding diaryl/α,β-unsaturated/α-hetero) is 1. The molecule has 1 aliphatic heterocycles. The molecule has 0 spiro atoms. The Hall–Kier alpha value is -0.490. The second kappa shape index (κ2) is 8.38. The summed E-state index contributed by atoms with van der Waals surface area (Å²) in [6.07, 6.45) is 8.88. The maximum atomic E-state index is 13.4. The molecule has 1 heterocycles. The normalized spacial score (nSPS) is 50.4. The molecule has 5 heteroatoms. The topological polar surface area (TPSA) is 59.0 Å². The average Bonchev–Trinajstić information content (AvgIpc) is 3.12. The van der Waals surface area contributed by atoms with E-state index in [1.165, 1.54) is 32.1 Å². The maximum Gasteiger partial charge on any atom is 0.150 e. The van der Waals surface area contributed by atoms with Crippen molar-refractivity contribution < 1.29 is 19.4 Å². The van der Waals surface area contributed by atoms with Crippen molar-refractivity contribution in [3.8, 4) is 0 Å². The van der Waals surface area contributed by atoms with Gasteiger partial charge in [-0.2, -0.15) is 0 Å². The first-order chi connectivity index (χ1) is 14.9. The molecule has 176 valence electrons. The summed E-state index contributed by atoms with van der Waals surface area (Å²) in [5.41, 5.74) is 0.461. The van der Waals surface area contributed by atoms with E-state index >= 15 is 0 Å². The van der Waals surface area contributed by atoms with E-state index in [9.17, 15) is 9.90 Å². The molecular formula is C26H43NO4. The highest BCUT2D eigenvalue weighted by atomic mass is 16.5. The van der Waals surface area contributed by atoms with Gasteiger partial charge in [-0.05, 0) is 85.9 Å². The number of carbonyl (C=O) groups excluding carboxylic acids is 1. The summed E-state index contributed by atoms with van der Waals surface area (Å²) in [5.74, 6) is 3.52. The fraction of sp³-hybridized carbons (Fsp3) is 0.962. The van der Waals surface area contributed by atoms with Crippen molar-refractivity contribution in [3.63, 3.8) is 0 Å². The zero-order chi connectivity index (χ0) is 21.8. The third-order valence-corrected chi connectivity index (χ3v) is 10.8. The Labute approximate surface area is 188 Å². The van der Waals surface area contributed by atoms with Crippen LogP contribution in [0.25, 0.3) is 0 Å². The Kier molecular flexibility index (Phi) is 6.03. The monoisotopic (exact) mass is 433 g/mol. The first-order valence-corrected chi connectivity index (χ1v) is 12.9. The predicted molar refractivity (Wildman–Crippen MR) is 120 cm³/mol. The number of rotatable bonds is 4. The molecule has 5 rings (SSSR count). The van der Waals surface area contributed by atoms with Crippen LogP contribution >= 0.6 is 0 Å². The Morgan fingerprint density at radius 2 is 1.81 bits per heavy atom. The minimum absolute atomic E-state index is 0.0141. The number of ketones is 1. The average molecular weight is 434 g/mol. The van der Waals surface area contributed by atoms with Gasteiger partial charge in [0.25, 0.3) is 0 Å². The number of aliphatic hydroxyl groups excluding tert-OH is 1. The van der Waals surface area contributed by atoms with Gasteiger partial charge < -0.3 is 14.6 Å². The van der Waals surface area contributed by atoms with Crippen molar-refractivity contribution in [1.29, 1.82) is 0 Å². The molecule has 1 unspecified atom stereocenters. The van der Waals surface area contributed by atoms with Crippen LogP contribution in [0.15, 0.2) is 0 Å². The van der Waals surface area contributed by atoms with Gasteiger partial charge in [0.05, 0.1) is 32.0 Å². The molecule has 0 aromatic carbocycles. The van der Waals surface area contributed by atoms with Gasteiger partial charge in [0.2, 0.25) is 0 Å². The third kappa shape index (κ3) is 3.62. The van der Waals surface area contributed by atoms with Crippen molar-refractivity contribution >= 4 is 5.78 Å². The highest BCUT2D eigenvalue weighted by Crippen LogP contribution is 2.67. The van der Waals surface area contributed by atoms with E-state index in [0.717, 1.165) is 57.4 Å². The minimum atomic E-state index is -0.304. The van der Waals surface area contributed by atoms with Gasteiger partial charge in [0, 0.05) is 26.1 Å². The van der Waals surface area contributed by atoms with E-state index in [0.29, 0.717) is 24.2 Å². The molecule has 5 aliphatic rings. The summed E-state index contributed by atoms with van der Waals surface area (Å²) in [4.78, 5) is 15.7. The second-order valence-corrected chi connectivity index (χ2v) is 12.0. The van der Waals surface area contributed by atoms with E-state index in [4.69, 9.17) is 9.47 Å². The number of aliphatic hydroxyl groups is 1. The summed E-state index contributed by atoms with van der Waals surface area (Å²) in [7, 11) is 1.76. The molecule has 0 radical (unpaired) electrons. The lowest BCUT2D eigenvalue weighted by Crippen LogP contribution is -2.57. The van der Waals surface area contributed by atoms with Crippen LogP contribution in [0.2, 0.25) is 0 Å². The molecule has 1 N–H and O–H groups in total. The van der Waals surface area contributed by atoms with Crippen LogP contribution in [-0.4, -0.2) is 68.0 Å². The summed E-state index contributed by atoms with van der Waals surface area (Å²) in [5, 5.41) is 10.6. The summed E-state index contributed by atoms with van der Waals surface area (Å²) in [6, 6.07) is 0. The standard InChI is InChI=1S/C26H43NO4/c1-25-9-8-20-18(5-4-17-14-22(28)24(30-3)15-26(17,20)2)19(25)6-7-21(25)23(29)16-27-10-12-31-13-11-27/h17-22,24,28H,4-16H2,1-3H3/t17-,18-,19-,20-,21?,22-,24-,25-,26-/m0/s1. The Morgan fingerprint density at radius 1 is 1.06 bits per heavy atom. The lowest BCUT2D eigenvalue weighted by molar-refractivity contribution is -0.167. The molecule has 9 atom stereocenters. The summed E-state index contributed by atoms with van der Waals surface area (Å²) >= 11 is 0. The second-order valence-electron chi connectivity index (χ2n) is 12.0. The molecule has 1 saturated heterocycles. The molecule has 4 saturated carbocycles. The Bertz CT molecular complexity index is 678. The van der Waals surface area contributed by atoms with E-state index in [1.54, 1.807) is 7.11 Å². The molecule has 5 nitrogen and oxygen atoms in total. The number of nitrogens with zero attached hydrogens (tertiary/aromatic N) is 1. The Morgan fingerprint density at radius 3 is 2.55 bits per heavy atom. The molecule has 0 bridgehead atoms. The summed E-state index contributed by atoms with van der Waals surface area (Å²) < 4.78 is 11.2. The van der Waals surface area contributed by atoms with E-state index in [1.807, 2.05) is 0 Å². The van der Waals surface area contributed by atoms with Crippen LogP contribution in [0.3, 0.4) is 0 Å². The fourth-order valence-electron chi connectivity index (χ4n) is 9.11. The molecule has 0 amide bonds. The number of carbonyl (C=O) groups is 1. The lowest BCUT2D eigenvalue weighted by atomic mass is 9.44. The van der Waals surface area contributed by atoms with Crippen LogP contribution < -0.4 is 0 Å². The highest BCUT2D eigenvalue weighted by Gasteiger charge is 2.62. The van der Waals surface area contributed by atoms with E-state index in [2.05, 4.69) is 18.7 Å². The van der Waals surface area contributed by atoms with E-state index < -0.39 is 0 Å². The fourth-order valence-corrected chi connectivity index (χ4v) is 9.11. The van der Waals surface area contributed by atoms with Crippen LogP contribution in [0.5, 0.6) is 0 Å². The molecule has 0 aromatic rings. The van der Waals surface area contributed by atoms with Gasteiger partial charge in [-0.25, -0.2) is 0 Å². The largest absolute Gasteiger partial charge is 0.390 e. The predicted octanol–water partition coefficient (Wildman–Crippen LogP) is 3.53. The maximum absolute atomic E-state index is 13.4. The molecular weight excluding hydrogens is 390 g/mol. The van der Waals surface area contributed by atoms with Crippen LogP contribution in [0.1, 0.15) is 65.2 Å². The van der Waals surface area contributed by atoms with Crippen molar-refractivity contribution in [3.05, 3.63) is 0 Å². The molecule has 0 aromatic heterocycles. The van der Waals surface area contributed by atoms with Gasteiger partial charge >= 0.3 is 0 Å². The number of methoxy groups -OCH3 is 1. The number of ether oxygens (including phenoxy) is 2. The number of morpholine rings is 1. The minimum Gasteiger partial charge on any atom is -0.390 e. The Balaban J connectivity index is 1.32. The summed E-state index contributed by atoms with van der Waals surface area (Å²) in [6.45, 7) is 8.91. The van der Waals surface area contributed by atoms with Crippen LogP contribution in [-0.2, 0) is 14.3 Å². The zero-order valence-corrected chi connectivity index (χ0v) is 19.9. The molecule has 4 aliphatic carbocycles. The smallest absolute Gasteiger partial charge is 0.150 e. The van der Waals surface area contributed by atoms with Crippen molar-refractivity contribution in [2.24, 2.45) is 40.4 Å². The van der Waals surface area contributed by atoms with Gasteiger partial charge in [-0.1, -0.05) is 13.8 Å². The quantitative estimate of drug-likeness (QED) is 0.735. The SMILES string of the molecule is CO[C@H]1C[C@@]2(C)[C@@H](CC[C@@H]3[C@@H]2CC[C@]2(C)C(C(=O)CN4CCOCC4)CC[C@@H]32)C[C@@H]1O. The molecule has 5 fully saturated rings. The van der Waals surface area contributed by atoms with Crippen LogP contribution in [0, 0.1) is 40.4 Å². The van der Waals surface area contributed by atoms with Gasteiger partial charge in [-0.15, -0.1) is 0 Å². The third-order valence-electron chi connectivity index (χ3n) is 10.8. The van der Waals surface area contributed by atoms with Crippen molar-refractivity contribution in [2.75, 3.05) is 40.0 Å². The van der Waals surface area contributed by atoms with Gasteiger partial charge in [0.15, 0.2) is 0 Å². The molecule has 31 heavy (non-hydrogen) atoms. The van der Waals surface area contributed by atoms with Gasteiger partial charge in [0.1, 0.15) is 5.78 Å². The number of hydrogen-bond donors (Lipinski definition) is 1. The first kappa shape index (κ1) is 22.3. The van der Waals surface area contributed by atoms with Crippen LogP contribution in [0.4, 0.5) is 0 Å². The number of fused-ring (bicyclic) bond motifs is 5. The van der Waals surface area contributed by atoms with Gasteiger partial charge in [-0.3, -0.25) is 9.69 Å². The number of hydrogen-bond acceptors (Lipinski definition) is 5. The van der Waals surface area contributed by atoms with Crippen molar-refractivity contribution in [2.45, 2.75) is 77.4 Å². The highest BCUT2D eigenvalue weighted by molar-refractivity contribution is 5.84.